The lowest BCUT2D eigenvalue weighted by molar-refractivity contribution is 0.0911. The third-order valence-electron chi connectivity index (χ3n) is 4.24. The predicted molar refractivity (Wildman–Crippen MR) is 85.2 cm³/mol. The molecule has 0 amide bonds. The Morgan fingerprint density at radius 3 is 2.70 bits per heavy atom. The zero-order chi connectivity index (χ0) is 14.6. The maximum atomic E-state index is 6.09. The molecule has 0 spiro atoms. The molecule has 1 aromatic rings. The summed E-state index contributed by atoms with van der Waals surface area (Å²) in [5, 5.41) is 3.78. The molecule has 0 fully saturated rings. The van der Waals surface area contributed by atoms with Gasteiger partial charge in [-0.25, -0.2) is 0 Å². The number of rotatable bonds is 7. The minimum absolute atomic E-state index is 0.165. The Morgan fingerprint density at radius 2 is 1.95 bits per heavy atom. The van der Waals surface area contributed by atoms with Crippen LogP contribution < -0.4 is 10.1 Å². The Bertz CT molecular complexity index is 427. The van der Waals surface area contributed by atoms with Crippen LogP contribution in [0.15, 0.2) is 24.3 Å². The van der Waals surface area contributed by atoms with E-state index in [1.807, 2.05) is 6.07 Å². The van der Waals surface area contributed by atoms with Crippen molar-refractivity contribution < 1.29 is 4.74 Å². The Kier molecular flexibility index (Phi) is 5.09. The van der Waals surface area contributed by atoms with Crippen LogP contribution in [0.25, 0.3) is 0 Å². The van der Waals surface area contributed by atoms with Crippen LogP contribution in [-0.2, 0) is 0 Å². The molecule has 112 valence electrons. The van der Waals surface area contributed by atoms with Gasteiger partial charge in [-0.3, -0.25) is 0 Å². The van der Waals surface area contributed by atoms with E-state index in [0.717, 1.165) is 5.75 Å². The molecule has 1 aliphatic rings. The summed E-state index contributed by atoms with van der Waals surface area (Å²) in [5.74, 6) is 1.04. The van der Waals surface area contributed by atoms with Gasteiger partial charge in [0, 0.05) is 11.6 Å². The highest BCUT2D eigenvalue weighted by Gasteiger charge is 2.41. The minimum atomic E-state index is -0.165. The van der Waals surface area contributed by atoms with Crippen molar-refractivity contribution in [3.63, 3.8) is 0 Å². The lowest BCUT2D eigenvalue weighted by atomic mass is 9.93. The van der Waals surface area contributed by atoms with Crippen molar-refractivity contribution in [1.82, 2.24) is 5.32 Å². The molecule has 2 rings (SSSR count). The van der Waals surface area contributed by atoms with E-state index in [2.05, 4.69) is 51.2 Å². The van der Waals surface area contributed by atoms with E-state index in [1.54, 1.807) is 0 Å². The van der Waals surface area contributed by atoms with Crippen LogP contribution in [0.2, 0.25) is 0 Å². The van der Waals surface area contributed by atoms with Gasteiger partial charge in [-0.15, -0.1) is 0 Å². The summed E-state index contributed by atoms with van der Waals surface area (Å²) in [5.41, 5.74) is 1.14. The number of para-hydroxylation sites is 1. The van der Waals surface area contributed by atoms with Crippen molar-refractivity contribution in [1.29, 1.82) is 0 Å². The molecule has 0 aliphatic carbocycles. The van der Waals surface area contributed by atoms with Crippen molar-refractivity contribution >= 4 is 0 Å². The fourth-order valence-electron chi connectivity index (χ4n) is 3.06. The third kappa shape index (κ3) is 3.54. The van der Waals surface area contributed by atoms with Gasteiger partial charge in [-0.2, -0.15) is 0 Å². The number of fused-ring (bicyclic) bond motifs is 1. The highest BCUT2D eigenvalue weighted by molar-refractivity contribution is 5.42. The molecular formula is C18H29NO. The molecule has 0 saturated carbocycles. The first-order valence-electron chi connectivity index (χ1n) is 8.08. The van der Waals surface area contributed by atoms with Crippen molar-refractivity contribution in [3.8, 4) is 5.75 Å². The van der Waals surface area contributed by atoms with Gasteiger partial charge in [0.15, 0.2) is 0 Å². The normalized spacial score (nSPS) is 21.3. The lowest BCUT2D eigenvalue weighted by Gasteiger charge is -2.30. The summed E-state index contributed by atoms with van der Waals surface area (Å²) in [7, 11) is 0. The van der Waals surface area contributed by atoms with Gasteiger partial charge >= 0.3 is 0 Å². The second-order valence-electron chi connectivity index (χ2n) is 6.59. The Balaban J connectivity index is 1.94. The van der Waals surface area contributed by atoms with E-state index in [4.69, 9.17) is 4.74 Å². The number of hydrogen-bond acceptors (Lipinski definition) is 2. The molecule has 2 heteroatoms. The quantitative estimate of drug-likeness (QED) is 0.718. The molecule has 1 N–H and O–H groups in total. The Labute approximate surface area is 123 Å². The van der Waals surface area contributed by atoms with Gasteiger partial charge in [0.25, 0.3) is 0 Å². The minimum Gasteiger partial charge on any atom is -0.486 e. The largest absolute Gasteiger partial charge is 0.486 e. The summed E-state index contributed by atoms with van der Waals surface area (Å²) in [6.45, 7) is 8.91. The zero-order valence-corrected chi connectivity index (χ0v) is 13.4. The summed E-state index contributed by atoms with van der Waals surface area (Å²) in [4.78, 5) is 0. The van der Waals surface area contributed by atoms with Crippen LogP contribution in [0.5, 0.6) is 5.75 Å². The summed E-state index contributed by atoms with van der Waals surface area (Å²) >= 11 is 0. The average molecular weight is 275 g/mol. The van der Waals surface area contributed by atoms with Crippen LogP contribution in [0.4, 0.5) is 0 Å². The zero-order valence-electron chi connectivity index (χ0n) is 13.4. The van der Waals surface area contributed by atoms with Crippen molar-refractivity contribution in [2.45, 2.75) is 77.5 Å². The number of hydrogen-bond donors (Lipinski definition) is 1. The van der Waals surface area contributed by atoms with Crippen LogP contribution in [0.3, 0.4) is 0 Å². The SMILES string of the molecule is CCCCCCC(C)NC1c2ccccc2OC1(C)C. The van der Waals surface area contributed by atoms with Crippen LogP contribution in [0.1, 0.15) is 71.4 Å². The summed E-state index contributed by atoms with van der Waals surface area (Å²) in [6.07, 6.45) is 6.57. The van der Waals surface area contributed by atoms with Gasteiger partial charge in [0.05, 0.1) is 6.04 Å². The third-order valence-corrected chi connectivity index (χ3v) is 4.24. The number of ether oxygens (including phenoxy) is 1. The van der Waals surface area contributed by atoms with Crippen LogP contribution in [-0.4, -0.2) is 11.6 Å². The van der Waals surface area contributed by atoms with Crippen molar-refractivity contribution in [2.24, 2.45) is 0 Å². The fraction of sp³-hybridized carbons (Fsp3) is 0.667. The highest BCUT2D eigenvalue weighted by Crippen LogP contribution is 2.43. The molecule has 1 aromatic carbocycles. The van der Waals surface area contributed by atoms with Gasteiger partial charge < -0.3 is 10.1 Å². The lowest BCUT2D eigenvalue weighted by Crippen LogP contribution is -2.42. The standard InChI is InChI=1S/C18H29NO/c1-5-6-7-8-11-14(2)19-17-15-12-9-10-13-16(15)20-18(17,3)4/h9-10,12-14,17,19H,5-8,11H2,1-4H3. The van der Waals surface area contributed by atoms with Gasteiger partial charge in [-0.05, 0) is 33.3 Å². The number of nitrogens with one attached hydrogen (secondary N) is 1. The molecule has 0 saturated heterocycles. The first kappa shape index (κ1) is 15.4. The van der Waals surface area contributed by atoms with E-state index in [9.17, 15) is 0 Å². The smallest absolute Gasteiger partial charge is 0.125 e. The summed E-state index contributed by atoms with van der Waals surface area (Å²) in [6, 6.07) is 9.23. The molecule has 20 heavy (non-hydrogen) atoms. The second-order valence-corrected chi connectivity index (χ2v) is 6.59. The van der Waals surface area contributed by atoms with E-state index in [0.29, 0.717) is 12.1 Å². The van der Waals surface area contributed by atoms with E-state index < -0.39 is 0 Å². The number of unbranched alkanes of at least 4 members (excludes halogenated alkanes) is 3. The molecule has 1 aliphatic heterocycles. The van der Waals surface area contributed by atoms with Gasteiger partial charge in [-0.1, -0.05) is 50.8 Å². The molecule has 2 nitrogen and oxygen atoms in total. The molecule has 1 heterocycles. The predicted octanol–water partition coefficient (Wildman–Crippen LogP) is 4.85. The molecular weight excluding hydrogens is 246 g/mol. The van der Waals surface area contributed by atoms with Crippen LogP contribution in [0, 0.1) is 0 Å². The first-order chi connectivity index (χ1) is 9.54. The summed E-state index contributed by atoms with van der Waals surface area (Å²) < 4.78 is 6.09. The van der Waals surface area contributed by atoms with E-state index in [1.165, 1.54) is 37.7 Å². The Morgan fingerprint density at radius 1 is 1.20 bits per heavy atom. The molecule has 2 unspecified atom stereocenters. The molecule has 2 atom stereocenters. The van der Waals surface area contributed by atoms with Crippen molar-refractivity contribution in [2.75, 3.05) is 0 Å². The van der Waals surface area contributed by atoms with Crippen LogP contribution >= 0.6 is 0 Å². The van der Waals surface area contributed by atoms with E-state index >= 15 is 0 Å². The second kappa shape index (κ2) is 6.62. The molecule has 0 aromatic heterocycles. The van der Waals surface area contributed by atoms with Crippen molar-refractivity contribution in [3.05, 3.63) is 29.8 Å². The topological polar surface area (TPSA) is 21.3 Å². The Hall–Kier alpha value is -1.02. The number of benzene rings is 1. The van der Waals surface area contributed by atoms with Gasteiger partial charge in [0.2, 0.25) is 0 Å². The average Bonchev–Trinajstić information content (AvgIpc) is 2.66. The molecule has 0 radical (unpaired) electrons. The molecule has 0 bridgehead atoms. The van der Waals surface area contributed by atoms with Gasteiger partial charge in [0.1, 0.15) is 11.4 Å². The maximum absolute atomic E-state index is 6.09. The monoisotopic (exact) mass is 275 g/mol. The maximum Gasteiger partial charge on any atom is 0.125 e. The fourth-order valence-corrected chi connectivity index (χ4v) is 3.06. The highest BCUT2D eigenvalue weighted by atomic mass is 16.5. The van der Waals surface area contributed by atoms with E-state index in [-0.39, 0.29) is 5.60 Å². The first-order valence-corrected chi connectivity index (χ1v) is 8.08.